The highest BCUT2D eigenvalue weighted by Gasteiger charge is 2.23. The molecule has 0 aliphatic rings. The zero-order valence-electron chi connectivity index (χ0n) is 17.3. The molecule has 158 valence electrons. The maximum absolute atomic E-state index is 12.8. The number of amides is 1. The standard InChI is InChI=1S/C21H29N3O4S/c1-5-24(6-2)29(26,27)18-12-13-20(28-16(3)4)19(14-18)22-15-21(25)23-17-10-8-7-9-11-17/h7-14,16,22H,5-6,15H2,1-4H3,(H,23,25). The first-order valence-corrected chi connectivity index (χ1v) is 11.1. The molecule has 0 saturated carbocycles. The number of carbonyl (C=O) groups is 1. The minimum Gasteiger partial charge on any atom is -0.489 e. The number of nitrogens with one attached hydrogen (secondary N) is 2. The molecule has 0 spiro atoms. The normalized spacial score (nSPS) is 11.5. The molecule has 0 bridgehead atoms. The summed E-state index contributed by atoms with van der Waals surface area (Å²) >= 11 is 0. The van der Waals surface area contributed by atoms with Gasteiger partial charge in [-0.1, -0.05) is 32.0 Å². The number of para-hydroxylation sites is 1. The Balaban J connectivity index is 2.24. The van der Waals surface area contributed by atoms with Gasteiger partial charge in [0.05, 0.1) is 23.2 Å². The van der Waals surface area contributed by atoms with Gasteiger partial charge in [0, 0.05) is 18.8 Å². The average molecular weight is 420 g/mol. The average Bonchev–Trinajstić information content (AvgIpc) is 2.68. The first-order chi connectivity index (χ1) is 13.8. The van der Waals surface area contributed by atoms with Crippen molar-refractivity contribution >= 4 is 27.3 Å². The summed E-state index contributed by atoms with van der Waals surface area (Å²) in [5.74, 6) is 0.245. The summed E-state index contributed by atoms with van der Waals surface area (Å²) in [6.07, 6.45) is -0.0982. The molecule has 0 aliphatic heterocycles. The van der Waals surface area contributed by atoms with Crippen molar-refractivity contribution < 1.29 is 17.9 Å². The van der Waals surface area contributed by atoms with Gasteiger partial charge in [0.1, 0.15) is 5.75 Å². The van der Waals surface area contributed by atoms with E-state index in [0.29, 0.717) is 30.2 Å². The molecule has 0 aliphatic carbocycles. The summed E-state index contributed by atoms with van der Waals surface area (Å²) in [4.78, 5) is 12.4. The van der Waals surface area contributed by atoms with Crippen LogP contribution in [0, 0.1) is 0 Å². The summed E-state index contributed by atoms with van der Waals surface area (Å²) < 4.78 is 32.8. The van der Waals surface area contributed by atoms with Crippen LogP contribution in [0.1, 0.15) is 27.7 Å². The van der Waals surface area contributed by atoms with Crippen LogP contribution in [-0.4, -0.2) is 44.4 Å². The lowest BCUT2D eigenvalue weighted by atomic mass is 10.2. The highest BCUT2D eigenvalue weighted by Crippen LogP contribution is 2.30. The summed E-state index contributed by atoms with van der Waals surface area (Å²) in [6.45, 7) is 8.09. The number of rotatable bonds is 10. The molecule has 0 fully saturated rings. The third-order valence-corrected chi connectivity index (χ3v) is 6.20. The van der Waals surface area contributed by atoms with E-state index in [0.717, 1.165) is 0 Å². The Morgan fingerprint density at radius 3 is 2.31 bits per heavy atom. The summed E-state index contributed by atoms with van der Waals surface area (Å²) in [6, 6.07) is 13.8. The molecule has 8 heteroatoms. The van der Waals surface area contributed by atoms with E-state index in [4.69, 9.17) is 4.74 Å². The second-order valence-corrected chi connectivity index (χ2v) is 8.62. The van der Waals surface area contributed by atoms with Gasteiger partial charge in [0.15, 0.2) is 0 Å². The Labute approximate surface area is 173 Å². The number of sulfonamides is 1. The van der Waals surface area contributed by atoms with Crippen LogP contribution < -0.4 is 15.4 Å². The minimum absolute atomic E-state index is 0.0296. The predicted octanol–water partition coefficient (Wildman–Crippen LogP) is 3.55. The van der Waals surface area contributed by atoms with E-state index in [9.17, 15) is 13.2 Å². The van der Waals surface area contributed by atoms with E-state index in [2.05, 4.69) is 10.6 Å². The van der Waals surface area contributed by atoms with Crippen LogP contribution in [0.25, 0.3) is 0 Å². The van der Waals surface area contributed by atoms with Gasteiger partial charge < -0.3 is 15.4 Å². The third kappa shape index (κ3) is 6.20. The molecule has 1 amide bonds. The Hall–Kier alpha value is -2.58. The largest absolute Gasteiger partial charge is 0.489 e. The number of ether oxygens (including phenoxy) is 1. The van der Waals surface area contributed by atoms with Gasteiger partial charge in [-0.05, 0) is 44.2 Å². The molecule has 0 saturated heterocycles. The van der Waals surface area contributed by atoms with E-state index in [1.807, 2.05) is 32.0 Å². The molecule has 0 radical (unpaired) electrons. The smallest absolute Gasteiger partial charge is 0.243 e. The van der Waals surface area contributed by atoms with Crippen molar-refractivity contribution in [2.24, 2.45) is 0 Å². The highest BCUT2D eigenvalue weighted by molar-refractivity contribution is 7.89. The number of carbonyl (C=O) groups excluding carboxylic acids is 1. The molecule has 0 atom stereocenters. The zero-order chi connectivity index (χ0) is 21.4. The van der Waals surface area contributed by atoms with Crippen LogP contribution in [0.15, 0.2) is 53.4 Å². The first-order valence-electron chi connectivity index (χ1n) is 9.67. The van der Waals surface area contributed by atoms with Crippen molar-refractivity contribution in [3.05, 3.63) is 48.5 Å². The van der Waals surface area contributed by atoms with Crippen LogP contribution >= 0.6 is 0 Å². The molecular weight excluding hydrogens is 390 g/mol. The number of benzene rings is 2. The van der Waals surface area contributed by atoms with E-state index in [-0.39, 0.29) is 23.5 Å². The van der Waals surface area contributed by atoms with Gasteiger partial charge in [-0.2, -0.15) is 4.31 Å². The van der Waals surface area contributed by atoms with Crippen molar-refractivity contribution in [3.63, 3.8) is 0 Å². The fraction of sp³-hybridized carbons (Fsp3) is 0.381. The number of nitrogens with zero attached hydrogens (tertiary/aromatic N) is 1. The maximum Gasteiger partial charge on any atom is 0.243 e. The molecule has 29 heavy (non-hydrogen) atoms. The second-order valence-electron chi connectivity index (χ2n) is 6.68. The lowest BCUT2D eigenvalue weighted by Gasteiger charge is -2.21. The lowest BCUT2D eigenvalue weighted by molar-refractivity contribution is -0.114. The fourth-order valence-electron chi connectivity index (χ4n) is 2.78. The van der Waals surface area contributed by atoms with Crippen LogP contribution in [-0.2, 0) is 14.8 Å². The van der Waals surface area contributed by atoms with Crippen molar-refractivity contribution in [3.8, 4) is 5.75 Å². The van der Waals surface area contributed by atoms with Crippen LogP contribution in [0.2, 0.25) is 0 Å². The van der Waals surface area contributed by atoms with E-state index in [1.54, 1.807) is 32.0 Å². The molecular formula is C21H29N3O4S. The molecule has 2 N–H and O–H groups in total. The third-order valence-electron chi connectivity index (χ3n) is 4.15. The van der Waals surface area contributed by atoms with E-state index in [1.165, 1.54) is 16.4 Å². The maximum atomic E-state index is 12.8. The van der Waals surface area contributed by atoms with E-state index >= 15 is 0 Å². The van der Waals surface area contributed by atoms with Gasteiger partial charge >= 0.3 is 0 Å². The Morgan fingerprint density at radius 1 is 1.07 bits per heavy atom. The Morgan fingerprint density at radius 2 is 1.72 bits per heavy atom. The summed E-state index contributed by atoms with van der Waals surface area (Å²) in [5.41, 5.74) is 1.14. The molecule has 2 aromatic carbocycles. The van der Waals surface area contributed by atoms with Gasteiger partial charge in [-0.3, -0.25) is 4.79 Å². The molecule has 2 aromatic rings. The van der Waals surface area contributed by atoms with Crippen molar-refractivity contribution in [2.75, 3.05) is 30.3 Å². The minimum atomic E-state index is -3.62. The van der Waals surface area contributed by atoms with Crippen molar-refractivity contribution in [2.45, 2.75) is 38.7 Å². The molecule has 0 unspecified atom stereocenters. The van der Waals surface area contributed by atoms with Crippen LogP contribution in [0.3, 0.4) is 0 Å². The van der Waals surface area contributed by atoms with Gasteiger partial charge in [-0.15, -0.1) is 0 Å². The molecule has 0 aromatic heterocycles. The van der Waals surface area contributed by atoms with Crippen molar-refractivity contribution in [1.82, 2.24) is 4.31 Å². The topological polar surface area (TPSA) is 87.7 Å². The lowest BCUT2D eigenvalue weighted by Crippen LogP contribution is -2.30. The quantitative estimate of drug-likeness (QED) is 0.615. The van der Waals surface area contributed by atoms with Crippen LogP contribution in [0.4, 0.5) is 11.4 Å². The molecule has 0 heterocycles. The summed E-state index contributed by atoms with van der Waals surface area (Å²) in [7, 11) is -3.62. The molecule has 7 nitrogen and oxygen atoms in total. The fourth-order valence-corrected chi connectivity index (χ4v) is 4.26. The summed E-state index contributed by atoms with van der Waals surface area (Å²) in [5, 5.41) is 5.79. The highest BCUT2D eigenvalue weighted by atomic mass is 32.2. The SMILES string of the molecule is CCN(CC)S(=O)(=O)c1ccc(OC(C)C)c(NCC(=O)Nc2ccccc2)c1. The van der Waals surface area contributed by atoms with E-state index < -0.39 is 10.0 Å². The van der Waals surface area contributed by atoms with Gasteiger partial charge in [-0.25, -0.2) is 8.42 Å². The molecule has 2 rings (SSSR count). The first kappa shape index (κ1) is 22.7. The van der Waals surface area contributed by atoms with Gasteiger partial charge in [0.2, 0.25) is 15.9 Å². The van der Waals surface area contributed by atoms with Crippen molar-refractivity contribution in [1.29, 1.82) is 0 Å². The Kier molecular flexibility index (Phi) is 8.04. The number of hydrogen-bond acceptors (Lipinski definition) is 5. The monoisotopic (exact) mass is 419 g/mol. The number of hydrogen-bond donors (Lipinski definition) is 2. The number of anilines is 2. The van der Waals surface area contributed by atoms with Gasteiger partial charge in [0.25, 0.3) is 0 Å². The zero-order valence-corrected chi connectivity index (χ0v) is 18.1. The second kappa shape index (κ2) is 10.3. The predicted molar refractivity (Wildman–Crippen MR) is 116 cm³/mol. The van der Waals surface area contributed by atoms with Crippen LogP contribution in [0.5, 0.6) is 5.75 Å². The Bertz CT molecular complexity index is 911.